The molecule has 0 saturated heterocycles. The van der Waals surface area contributed by atoms with Gasteiger partial charge in [-0.25, -0.2) is 4.79 Å². The molecule has 2 heterocycles. The third-order valence-electron chi connectivity index (χ3n) is 2.57. The Balaban J connectivity index is 1.72. The maximum Gasteiger partial charge on any atom is 0.315 e. The number of hydrogen-bond acceptors (Lipinski definition) is 3. The molecule has 0 aliphatic heterocycles. The van der Waals surface area contributed by atoms with E-state index < -0.39 is 0 Å². The molecular formula is C13H17N5O. The van der Waals surface area contributed by atoms with Crippen LogP contribution in [0.25, 0.3) is 0 Å². The molecule has 0 fully saturated rings. The van der Waals surface area contributed by atoms with Gasteiger partial charge in [-0.3, -0.25) is 9.67 Å². The van der Waals surface area contributed by atoms with E-state index in [0.29, 0.717) is 13.1 Å². The highest BCUT2D eigenvalue weighted by molar-refractivity contribution is 5.74. The Kier molecular flexibility index (Phi) is 4.49. The molecular weight excluding hydrogens is 242 g/mol. The summed E-state index contributed by atoms with van der Waals surface area (Å²) in [5.41, 5.74) is 0.970. The Morgan fingerprint density at radius 2 is 2.32 bits per heavy atom. The Morgan fingerprint density at radius 3 is 3.00 bits per heavy atom. The summed E-state index contributed by atoms with van der Waals surface area (Å²) in [4.78, 5) is 15.7. The molecule has 0 radical (unpaired) electrons. The van der Waals surface area contributed by atoms with Gasteiger partial charge in [0, 0.05) is 37.4 Å². The number of hydrogen-bond donors (Lipinski definition) is 2. The van der Waals surface area contributed by atoms with Gasteiger partial charge in [-0.15, -0.1) is 0 Å². The van der Waals surface area contributed by atoms with Crippen LogP contribution in [0.5, 0.6) is 0 Å². The van der Waals surface area contributed by atoms with E-state index in [4.69, 9.17) is 0 Å². The van der Waals surface area contributed by atoms with Gasteiger partial charge in [-0.1, -0.05) is 6.07 Å². The first-order valence-electron chi connectivity index (χ1n) is 6.15. The van der Waals surface area contributed by atoms with E-state index in [1.165, 1.54) is 0 Å². The first-order chi connectivity index (χ1) is 9.24. The standard InChI is InChI=1S/C13H17N5O/c1-11(10-18-7-3-6-16-18)17-13(19)15-9-12-4-2-5-14-8-12/h2-8,11H,9-10H2,1H3,(H2,15,17,19). The largest absolute Gasteiger partial charge is 0.334 e. The van der Waals surface area contributed by atoms with E-state index in [1.807, 2.05) is 31.3 Å². The molecule has 2 N–H and O–H groups in total. The number of nitrogens with zero attached hydrogens (tertiary/aromatic N) is 3. The smallest absolute Gasteiger partial charge is 0.315 e. The third-order valence-corrected chi connectivity index (χ3v) is 2.57. The molecule has 0 aliphatic rings. The Labute approximate surface area is 111 Å². The van der Waals surface area contributed by atoms with Crippen LogP contribution in [-0.4, -0.2) is 26.8 Å². The molecule has 2 rings (SSSR count). The van der Waals surface area contributed by atoms with Crippen molar-refractivity contribution in [2.45, 2.75) is 26.1 Å². The monoisotopic (exact) mass is 259 g/mol. The minimum atomic E-state index is -0.191. The van der Waals surface area contributed by atoms with Crippen LogP contribution in [0.2, 0.25) is 0 Å². The van der Waals surface area contributed by atoms with Crippen molar-refractivity contribution in [2.75, 3.05) is 0 Å². The molecule has 0 aromatic carbocycles. The molecule has 0 spiro atoms. The molecule has 1 atom stereocenters. The van der Waals surface area contributed by atoms with Gasteiger partial charge in [0.25, 0.3) is 0 Å². The lowest BCUT2D eigenvalue weighted by molar-refractivity contribution is 0.235. The maximum absolute atomic E-state index is 11.7. The summed E-state index contributed by atoms with van der Waals surface area (Å²) < 4.78 is 1.78. The third kappa shape index (κ3) is 4.42. The number of carbonyl (C=O) groups excluding carboxylic acids is 1. The van der Waals surface area contributed by atoms with Gasteiger partial charge in [-0.2, -0.15) is 5.10 Å². The zero-order valence-electron chi connectivity index (χ0n) is 10.8. The number of carbonyl (C=O) groups is 1. The summed E-state index contributed by atoms with van der Waals surface area (Å²) in [5.74, 6) is 0. The Morgan fingerprint density at radius 1 is 1.42 bits per heavy atom. The zero-order chi connectivity index (χ0) is 13.5. The van der Waals surface area contributed by atoms with Crippen LogP contribution in [0.3, 0.4) is 0 Å². The van der Waals surface area contributed by atoms with E-state index >= 15 is 0 Å². The van der Waals surface area contributed by atoms with Gasteiger partial charge in [0.15, 0.2) is 0 Å². The predicted molar refractivity (Wildman–Crippen MR) is 71.3 cm³/mol. The lowest BCUT2D eigenvalue weighted by atomic mass is 10.3. The minimum absolute atomic E-state index is 0.00815. The normalized spacial score (nSPS) is 11.8. The predicted octanol–water partition coefficient (Wildman–Crippen LogP) is 1.17. The topological polar surface area (TPSA) is 71.8 Å². The first-order valence-corrected chi connectivity index (χ1v) is 6.15. The first kappa shape index (κ1) is 13.1. The lowest BCUT2D eigenvalue weighted by Gasteiger charge is -2.14. The fourth-order valence-electron chi connectivity index (χ4n) is 1.69. The SMILES string of the molecule is CC(Cn1cccn1)NC(=O)NCc1cccnc1. The highest BCUT2D eigenvalue weighted by atomic mass is 16.2. The van der Waals surface area contributed by atoms with Crippen LogP contribution in [-0.2, 0) is 13.1 Å². The van der Waals surface area contributed by atoms with Crippen LogP contribution in [0.4, 0.5) is 4.79 Å². The minimum Gasteiger partial charge on any atom is -0.334 e. The van der Waals surface area contributed by atoms with E-state index in [-0.39, 0.29) is 12.1 Å². The quantitative estimate of drug-likeness (QED) is 0.846. The van der Waals surface area contributed by atoms with Crippen molar-refractivity contribution in [3.8, 4) is 0 Å². The molecule has 2 amide bonds. The van der Waals surface area contributed by atoms with Gasteiger partial charge in [0.1, 0.15) is 0 Å². The summed E-state index contributed by atoms with van der Waals surface area (Å²) in [7, 11) is 0. The van der Waals surface area contributed by atoms with Gasteiger partial charge >= 0.3 is 6.03 Å². The van der Waals surface area contributed by atoms with E-state index in [0.717, 1.165) is 5.56 Å². The average Bonchev–Trinajstić information content (AvgIpc) is 2.90. The van der Waals surface area contributed by atoms with Crippen molar-refractivity contribution in [1.82, 2.24) is 25.4 Å². The van der Waals surface area contributed by atoms with Crippen LogP contribution in [0.1, 0.15) is 12.5 Å². The average molecular weight is 259 g/mol. The summed E-state index contributed by atoms with van der Waals surface area (Å²) in [6, 6.07) is 5.43. The Bertz CT molecular complexity index is 497. The maximum atomic E-state index is 11.7. The van der Waals surface area contributed by atoms with Crippen molar-refractivity contribution in [3.63, 3.8) is 0 Å². The number of amides is 2. The number of aromatic nitrogens is 3. The molecule has 1 unspecified atom stereocenters. The molecule has 100 valence electrons. The van der Waals surface area contributed by atoms with Gasteiger partial charge in [-0.05, 0) is 24.6 Å². The number of urea groups is 1. The molecule has 2 aromatic heterocycles. The fraction of sp³-hybridized carbons (Fsp3) is 0.308. The molecule has 0 saturated carbocycles. The molecule has 0 aliphatic carbocycles. The molecule has 2 aromatic rings. The highest BCUT2D eigenvalue weighted by Gasteiger charge is 2.07. The van der Waals surface area contributed by atoms with Crippen molar-refractivity contribution >= 4 is 6.03 Å². The van der Waals surface area contributed by atoms with Crippen LogP contribution < -0.4 is 10.6 Å². The van der Waals surface area contributed by atoms with Crippen molar-refractivity contribution in [3.05, 3.63) is 48.5 Å². The number of pyridine rings is 1. The molecule has 19 heavy (non-hydrogen) atoms. The van der Waals surface area contributed by atoms with Crippen molar-refractivity contribution in [1.29, 1.82) is 0 Å². The second kappa shape index (κ2) is 6.53. The summed E-state index contributed by atoms with van der Waals surface area (Å²) in [6.07, 6.45) is 7.02. The van der Waals surface area contributed by atoms with Gasteiger partial charge < -0.3 is 10.6 Å². The van der Waals surface area contributed by atoms with E-state index in [1.54, 1.807) is 23.3 Å². The van der Waals surface area contributed by atoms with Crippen LogP contribution in [0, 0.1) is 0 Å². The Hall–Kier alpha value is -2.37. The number of rotatable bonds is 5. The second-order valence-corrected chi connectivity index (χ2v) is 4.32. The summed E-state index contributed by atoms with van der Waals surface area (Å²) in [6.45, 7) is 3.05. The molecule has 6 nitrogen and oxygen atoms in total. The summed E-state index contributed by atoms with van der Waals surface area (Å²) in [5, 5.41) is 9.74. The van der Waals surface area contributed by atoms with Gasteiger partial charge in [0.2, 0.25) is 0 Å². The van der Waals surface area contributed by atoms with E-state index in [2.05, 4.69) is 20.7 Å². The van der Waals surface area contributed by atoms with Crippen LogP contribution in [0.15, 0.2) is 43.0 Å². The van der Waals surface area contributed by atoms with E-state index in [9.17, 15) is 4.79 Å². The molecule has 6 heteroatoms. The van der Waals surface area contributed by atoms with Gasteiger partial charge in [0.05, 0.1) is 6.54 Å². The zero-order valence-corrected chi connectivity index (χ0v) is 10.8. The summed E-state index contributed by atoms with van der Waals surface area (Å²) >= 11 is 0. The van der Waals surface area contributed by atoms with Crippen molar-refractivity contribution < 1.29 is 4.79 Å². The fourth-order valence-corrected chi connectivity index (χ4v) is 1.69. The second-order valence-electron chi connectivity index (χ2n) is 4.32. The van der Waals surface area contributed by atoms with Crippen LogP contribution >= 0.6 is 0 Å². The number of nitrogens with one attached hydrogen (secondary N) is 2. The van der Waals surface area contributed by atoms with Crippen molar-refractivity contribution in [2.24, 2.45) is 0 Å². The molecule has 0 bridgehead atoms. The highest BCUT2D eigenvalue weighted by Crippen LogP contribution is 1.94. The lowest BCUT2D eigenvalue weighted by Crippen LogP contribution is -2.42.